The maximum Gasteiger partial charge on any atom is 0.416 e. The van der Waals surface area contributed by atoms with E-state index in [1.807, 2.05) is 4.90 Å². The predicted octanol–water partition coefficient (Wildman–Crippen LogP) is 5.17. The number of nitrogens with zero attached hydrogens (tertiary/aromatic N) is 1. The van der Waals surface area contributed by atoms with Gasteiger partial charge in [0.25, 0.3) is 0 Å². The Morgan fingerprint density at radius 1 is 0.974 bits per heavy atom. The monoisotopic (exact) mass is 550 g/mol. The summed E-state index contributed by atoms with van der Waals surface area (Å²) in [5, 5.41) is 0. The summed E-state index contributed by atoms with van der Waals surface area (Å²) < 4.78 is 104. The van der Waals surface area contributed by atoms with Crippen LogP contribution in [-0.2, 0) is 33.0 Å². The Hall–Kier alpha value is -2.70. The normalized spacial score (nSPS) is 20.3. The number of primary amides is 1. The summed E-state index contributed by atoms with van der Waals surface area (Å²) in [5.74, 6) is -1.34. The standard InChI is InChI=1S/C26H29F7N2O3/c1-37-11-9-35(15-23(34)36)21-6-7-22(24(21)17-2-4-20(27)5-3-17)38-10-8-16-12-18(25(28,29)30)14-19(13-16)26(31,32)33/h2-5,12-14,21-22,24H,6-11,15H2,1H3,(H2,34,36)/t21-,22+,24+/m1/s1. The van der Waals surface area contributed by atoms with Gasteiger partial charge in [-0.15, -0.1) is 0 Å². The summed E-state index contributed by atoms with van der Waals surface area (Å²) in [6.45, 7) is 0.520. The zero-order valence-corrected chi connectivity index (χ0v) is 20.6. The van der Waals surface area contributed by atoms with Crippen molar-refractivity contribution in [1.82, 2.24) is 4.90 Å². The first kappa shape index (κ1) is 29.9. The second-order valence-electron chi connectivity index (χ2n) is 9.22. The van der Waals surface area contributed by atoms with Gasteiger partial charge in [0.15, 0.2) is 0 Å². The van der Waals surface area contributed by atoms with E-state index in [9.17, 15) is 35.5 Å². The molecule has 38 heavy (non-hydrogen) atoms. The molecule has 1 aliphatic carbocycles. The quantitative estimate of drug-likeness (QED) is 0.392. The second kappa shape index (κ2) is 12.4. The predicted molar refractivity (Wildman–Crippen MR) is 125 cm³/mol. The molecule has 0 radical (unpaired) electrons. The summed E-state index contributed by atoms with van der Waals surface area (Å²) in [6, 6.07) is 6.99. The van der Waals surface area contributed by atoms with E-state index >= 15 is 0 Å². The maximum atomic E-state index is 13.6. The van der Waals surface area contributed by atoms with E-state index in [-0.39, 0.29) is 43.2 Å². The highest BCUT2D eigenvalue weighted by Gasteiger charge is 2.41. The lowest BCUT2D eigenvalue weighted by molar-refractivity contribution is -0.143. The minimum absolute atomic E-state index is 0.0527. The number of methoxy groups -OCH3 is 1. The Morgan fingerprint density at radius 3 is 2.11 bits per heavy atom. The van der Waals surface area contributed by atoms with Crippen LogP contribution in [-0.4, -0.2) is 56.4 Å². The lowest BCUT2D eigenvalue weighted by Gasteiger charge is -2.34. The van der Waals surface area contributed by atoms with E-state index in [1.54, 1.807) is 12.1 Å². The van der Waals surface area contributed by atoms with E-state index in [0.717, 1.165) is 5.56 Å². The van der Waals surface area contributed by atoms with E-state index in [4.69, 9.17) is 15.2 Å². The molecule has 210 valence electrons. The summed E-state index contributed by atoms with van der Waals surface area (Å²) in [4.78, 5) is 13.6. The fraction of sp³-hybridized carbons (Fsp3) is 0.500. The number of benzene rings is 2. The van der Waals surface area contributed by atoms with Crippen molar-refractivity contribution in [3.8, 4) is 0 Å². The largest absolute Gasteiger partial charge is 0.416 e. The number of carbonyl (C=O) groups excluding carboxylic acids is 1. The molecule has 5 nitrogen and oxygen atoms in total. The third-order valence-electron chi connectivity index (χ3n) is 6.60. The van der Waals surface area contributed by atoms with Gasteiger partial charge in [0.1, 0.15) is 5.82 Å². The van der Waals surface area contributed by atoms with Crippen molar-refractivity contribution in [3.05, 3.63) is 70.5 Å². The highest BCUT2D eigenvalue weighted by Crippen LogP contribution is 2.41. The number of rotatable bonds is 11. The van der Waals surface area contributed by atoms with Gasteiger partial charge < -0.3 is 15.2 Å². The third-order valence-corrected chi connectivity index (χ3v) is 6.60. The number of carbonyl (C=O) groups is 1. The van der Waals surface area contributed by atoms with Crippen molar-refractivity contribution in [2.24, 2.45) is 5.73 Å². The highest BCUT2D eigenvalue weighted by molar-refractivity contribution is 5.76. The fourth-order valence-electron chi connectivity index (χ4n) is 4.92. The molecule has 0 spiro atoms. The smallest absolute Gasteiger partial charge is 0.383 e. The topological polar surface area (TPSA) is 64.8 Å². The zero-order chi connectivity index (χ0) is 28.1. The molecule has 12 heteroatoms. The van der Waals surface area contributed by atoms with Crippen LogP contribution in [0.1, 0.15) is 41.0 Å². The number of ether oxygens (including phenoxy) is 2. The van der Waals surface area contributed by atoms with E-state index < -0.39 is 41.3 Å². The molecule has 1 fully saturated rings. The third kappa shape index (κ3) is 7.90. The first-order valence-corrected chi connectivity index (χ1v) is 12.0. The van der Waals surface area contributed by atoms with Crippen LogP contribution < -0.4 is 5.73 Å². The van der Waals surface area contributed by atoms with Crippen LogP contribution in [0.2, 0.25) is 0 Å². The first-order valence-electron chi connectivity index (χ1n) is 12.0. The van der Waals surface area contributed by atoms with Gasteiger partial charge in [0, 0.05) is 25.6 Å². The zero-order valence-electron chi connectivity index (χ0n) is 20.6. The van der Waals surface area contributed by atoms with Crippen molar-refractivity contribution >= 4 is 5.91 Å². The highest BCUT2D eigenvalue weighted by atomic mass is 19.4. The average molecular weight is 551 g/mol. The molecule has 3 rings (SSSR count). The van der Waals surface area contributed by atoms with Crippen molar-refractivity contribution in [2.45, 2.75) is 49.7 Å². The molecule has 0 bridgehead atoms. The Labute approximate surface area is 215 Å². The average Bonchev–Trinajstić information content (AvgIpc) is 3.24. The van der Waals surface area contributed by atoms with Gasteiger partial charge in [-0.25, -0.2) is 4.39 Å². The number of amides is 1. The number of nitrogens with two attached hydrogens (primary N) is 1. The summed E-state index contributed by atoms with van der Waals surface area (Å²) in [6.07, 6.45) is -9.45. The van der Waals surface area contributed by atoms with Crippen LogP contribution in [0, 0.1) is 5.82 Å². The SMILES string of the molecule is COCCN(CC(N)=O)[C@@H]1CC[C@H](OCCc2cc(C(F)(F)F)cc(C(F)(F)F)c2)[C@H]1c1ccc(F)cc1. The van der Waals surface area contributed by atoms with Crippen LogP contribution in [0.15, 0.2) is 42.5 Å². The molecular formula is C26H29F7N2O3. The first-order chi connectivity index (χ1) is 17.8. The summed E-state index contributed by atoms with van der Waals surface area (Å²) in [7, 11) is 1.51. The van der Waals surface area contributed by atoms with E-state index in [1.165, 1.54) is 19.2 Å². The fourth-order valence-corrected chi connectivity index (χ4v) is 4.92. The summed E-state index contributed by atoms with van der Waals surface area (Å²) in [5.41, 5.74) is 3.24. The lowest BCUT2D eigenvalue weighted by Crippen LogP contribution is -2.45. The minimum atomic E-state index is -4.94. The van der Waals surface area contributed by atoms with Crippen LogP contribution in [0.25, 0.3) is 0 Å². The molecule has 0 unspecified atom stereocenters. The molecule has 2 aromatic carbocycles. The van der Waals surface area contributed by atoms with Gasteiger partial charge in [-0.1, -0.05) is 12.1 Å². The number of hydrogen-bond donors (Lipinski definition) is 1. The molecule has 0 saturated heterocycles. The van der Waals surface area contributed by atoms with Gasteiger partial charge >= 0.3 is 12.4 Å². The van der Waals surface area contributed by atoms with Crippen LogP contribution in [0.5, 0.6) is 0 Å². The number of alkyl halides is 6. The summed E-state index contributed by atoms with van der Waals surface area (Å²) >= 11 is 0. The molecular weight excluding hydrogens is 521 g/mol. The lowest BCUT2D eigenvalue weighted by atomic mass is 9.91. The molecule has 1 saturated carbocycles. The molecule has 3 atom stereocenters. The van der Waals surface area contributed by atoms with Gasteiger partial charge in [-0.2, -0.15) is 26.3 Å². The Bertz CT molecular complexity index is 1040. The number of halogens is 7. The van der Waals surface area contributed by atoms with Gasteiger partial charge in [-0.3, -0.25) is 9.69 Å². The van der Waals surface area contributed by atoms with Crippen molar-refractivity contribution in [1.29, 1.82) is 0 Å². The van der Waals surface area contributed by atoms with Crippen molar-refractivity contribution in [2.75, 3.05) is 33.4 Å². The molecule has 2 aromatic rings. The van der Waals surface area contributed by atoms with Crippen LogP contribution >= 0.6 is 0 Å². The molecule has 1 amide bonds. The van der Waals surface area contributed by atoms with Crippen LogP contribution in [0.4, 0.5) is 30.7 Å². The minimum Gasteiger partial charge on any atom is -0.383 e. The molecule has 0 aliphatic heterocycles. The van der Waals surface area contributed by atoms with Gasteiger partial charge in [0.05, 0.1) is 37.0 Å². The molecule has 1 aliphatic rings. The van der Waals surface area contributed by atoms with E-state index in [0.29, 0.717) is 38.1 Å². The Balaban J connectivity index is 1.81. The Kier molecular flexibility index (Phi) is 9.77. The molecule has 0 heterocycles. The molecule has 0 aromatic heterocycles. The van der Waals surface area contributed by atoms with Crippen molar-refractivity contribution < 1.29 is 45.0 Å². The van der Waals surface area contributed by atoms with Gasteiger partial charge in [-0.05, 0) is 60.7 Å². The van der Waals surface area contributed by atoms with Gasteiger partial charge in [0.2, 0.25) is 5.91 Å². The second-order valence-corrected chi connectivity index (χ2v) is 9.22. The van der Waals surface area contributed by atoms with E-state index in [2.05, 4.69) is 0 Å². The molecule has 2 N–H and O–H groups in total. The maximum absolute atomic E-state index is 13.6. The Morgan fingerprint density at radius 2 is 1.58 bits per heavy atom. The number of hydrogen-bond acceptors (Lipinski definition) is 4. The van der Waals surface area contributed by atoms with Crippen molar-refractivity contribution in [3.63, 3.8) is 0 Å². The van der Waals surface area contributed by atoms with Crippen LogP contribution in [0.3, 0.4) is 0 Å².